The first-order valence-electron chi connectivity index (χ1n) is 7.17. The molecule has 1 atom stereocenters. The molecule has 3 nitrogen and oxygen atoms in total. The van der Waals surface area contributed by atoms with Crippen LogP contribution in [0.15, 0.2) is 28.7 Å². The fourth-order valence-electron chi connectivity index (χ4n) is 2.71. The second-order valence-electron chi connectivity index (χ2n) is 5.35. The summed E-state index contributed by atoms with van der Waals surface area (Å²) in [6.45, 7) is 8.25. The summed E-state index contributed by atoms with van der Waals surface area (Å²) in [6.07, 6.45) is 1.93. The van der Waals surface area contributed by atoms with Gasteiger partial charge in [0.05, 0.1) is 6.04 Å². The summed E-state index contributed by atoms with van der Waals surface area (Å²) in [5.74, 6) is 7.69. The van der Waals surface area contributed by atoms with Crippen LogP contribution in [0.4, 0.5) is 0 Å². The van der Waals surface area contributed by atoms with E-state index in [-0.39, 0.29) is 6.04 Å². The van der Waals surface area contributed by atoms with E-state index in [1.165, 1.54) is 22.3 Å². The Morgan fingerprint density at radius 2 is 1.65 bits per heavy atom. The van der Waals surface area contributed by atoms with E-state index in [1.54, 1.807) is 0 Å². The summed E-state index contributed by atoms with van der Waals surface area (Å²) in [6, 6.07) is 8.81. The molecular formula is C17H24N2O. The Morgan fingerprint density at radius 1 is 1.05 bits per heavy atom. The van der Waals surface area contributed by atoms with Gasteiger partial charge in [-0.1, -0.05) is 31.2 Å². The summed E-state index contributed by atoms with van der Waals surface area (Å²) in [7, 11) is 0. The Bertz CT molecular complexity index is 569. The minimum Gasteiger partial charge on any atom is -0.466 e. The predicted octanol–water partition coefficient (Wildman–Crippen LogP) is 3.51. The highest BCUT2D eigenvalue weighted by atomic mass is 16.3. The number of rotatable bonds is 5. The molecular weight excluding hydrogens is 248 g/mol. The van der Waals surface area contributed by atoms with Gasteiger partial charge in [-0.3, -0.25) is 11.3 Å². The highest BCUT2D eigenvalue weighted by Gasteiger charge is 2.20. The molecule has 0 bridgehead atoms. The lowest BCUT2D eigenvalue weighted by Gasteiger charge is -2.17. The Kier molecular flexibility index (Phi) is 4.63. The first-order valence-corrected chi connectivity index (χ1v) is 7.17. The third kappa shape index (κ3) is 2.94. The van der Waals surface area contributed by atoms with Crippen LogP contribution in [0.2, 0.25) is 0 Å². The van der Waals surface area contributed by atoms with Crippen molar-refractivity contribution in [3.05, 3.63) is 58.0 Å². The number of furan rings is 1. The average molecular weight is 272 g/mol. The van der Waals surface area contributed by atoms with Gasteiger partial charge in [-0.15, -0.1) is 0 Å². The highest BCUT2D eigenvalue weighted by molar-refractivity contribution is 5.35. The third-order valence-electron chi connectivity index (χ3n) is 4.04. The van der Waals surface area contributed by atoms with Crippen molar-refractivity contribution < 1.29 is 4.42 Å². The highest BCUT2D eigenvalue weighted by Crippen LogP contribution is 2.29. The number of hydrogen-bond donors (Lipinski definition) is 2. The molecule has 0 radical (unpaired) electrons. The smallest absolute Gasteiger partial charge is 0.106 e. The molecule has 1 unspecified atom stereocenters. The minimum atomic E-state index is 0.0833. The molecule has 0 amide bonds. The monoisotopic (exact) mass is 272 g/mol. The van der Waals surface area contributed by atoms with Crippen molar-refractivity contribution in [2.75, 3.05) is 0 Å². The van der Waals surface area contributed by atoms with Gasteiger partial charge in [0, 0.05) is 5.56 Å². The number of hydrogen-bond acceptors (Lipinski definition) is 3. The van der Waals surface area contributed by atoms with Gasteiger partial charge in [0.15, 0.2) is 0 Å². The van der Waals surface area contributed by atoms with Gasteiger partial charge in [-0.25, -0.2) is 0 Å². The number of hydrazine groups is 1. The lowest BCUT2D eigenvalue weighted by atomic mass is 9.95. The second kappa shape index (κ2) is 6.25. The van der Waals surface area contributed by atoms with Crippen LogP contribution < -0.4 is 11.3 Å². The summed E-state index contributed by atoms with van der Waals surface area (Å²) in [5, 5.41) is 0. The molecule has 0 spiro atoms. The molecule has 0 aliphatic rings. The van der Waals surface area contributed by atoms with E-state index in [2.05, 4.69) is 43.5 Å². The molecule has 0 saturated heterocycles. The topological polar surface area (TPSA) is 51.2 Å². The minimum absolute atomic E-state index is 0.0833. The maximum Gasteiger partial charge on any atom is 0.106 e. The van der Waals surface area contributed by atoms with Crippen LogP contribution in [0.3, 0.4) is 0 Å². The van der Waals surface area contributed by atoms with Gasteiger partial charge in [0.2, 0.25) is 0 Å². The van der Waals surface area contributed by atoms with E-state index < -0.39 is 0 Å². The molecule has 3 heteroatoms. The van der Waals surface area contributed by atoms with Gasteiger partial charge < -0.3 is 4.42 Å². The summed E-state index contributed by atoms with van der Waals surface area (Å²) in [5.41, 5.74) is 7.94. The average Bonchev–Trinajstić information content (AvgIpc) is 2.71. The normalized spacial score (nSPS) is 12.7. The Hall–Kier alpha value is -1.58. The van der Waals surface area contributed by atoms with E-state index >= 15 is 0 Å². The zero-order chi connectivity index (χ0) is 14.7. The van der Waals surface area contributed by atoms with E-state index in [0.29, 0.717) is 0 Å². The van der Waals surface area contributed by atoms with Crippen molar-refractivity contribution in [1.29, 1.82) is 0 Å². The number of nitrogens with one attached hydrogen (secondary N) is 1. The van der Waals surface area contributed by atoms with E-state index in [4.69, 9.17) is 10.3 Å². The van der Waals surface area contributed by atoms with Crippen molar-refractivity contribution in [3.63, 3.8) is 0 Å². The van der Waals surface area contributed by atoms with Crippen LogP contribution in [-0.2, 0) is 12.8 Å². The number of aryl methyl sites for hydroxylation is 3. The zero-order valence-electron chi connectivity index (χ0n) is 12.8. The van der Waals surface area contributed by atoms with Gasteiger partial charge in [-0.05, 0) is 50.3 Å². The molecule has 0 aliphatic heterocycles. The van der Waals surface area contributed by atoms with Crippen LogP contribution in [-0.4, -0.2) is 0 Å². The van der Waals surface area contributed by atoms with Crippen molar-refractivity contribution in [1.82, 2.24) is 5.43 Å². The standard InChI is InChI=1S/C17H24N2O/c1-5-14-6-8-15(9-7-14)10-16(19-18)17-11(2)12(3)20-13(17)4/h6-9,16,19H,5,10,18H2,1-4H3. The van der Waals surface area contributed by atoms with Crippen LogP contribution in [0.25, 0.3) is 0 Å². The maximum absolute atomic E-state index is 5.76. The van der Waals surface area contributed by atoms with Crippen LogP contribution >= 0.6 is 0 Å². The molecule has 3 N–H and O–H groups in total. The number of benzene rings is 1. The second-order valence-corrected chi connectivity index (χ2v) is 5.35. The molecule has 1 aromatic heterocycles. The van der Waals surface area contributed by atoms with Crippen LogP contribution in [0.1, 0.15) is 46.7 Å². The SMILES string of the molecule is CCc1ccc(CC(NN)c2c(C)oc(C)c2C)cc1. The van der Waals surface area contributed by atoms with E-state index in [9.17, 15) is 0 Å². The van der Waals surface area contributed by atoms with Crippen molar-refractivity contribution in [2.24, 2.45) is 5.84 Å². The molecule has 0 aliphatic carbocycles. The maximum atomic E-state index is 5.76. The summed E-state index contributed by atoms with van der Waals surface area (Å²) in [4.78, 5) is 0. The van der Waals surface area contributed by atoms with Crippen molar-refractivity contribution in [2.45, 2.75) is 46.6 Å². The largest absolute Gasteiger partial charge is 0.466 e. The molecule has 0 saturated carbocycles. The van der Waals surface area contributed by atoms with Gasteiger partial charge in [0.25, 0.3) is 0 Å². The van der Waals surface area contributed by atoms with Crippen molar-refractivity contribution in [3.8, 4) is 0 Å². The first kappa shape index (κ1) is 14.8. The fourth-order valence-corrected chi connectivity index (χ4v) is 2.71. The Labute approximate surface area is 121 Å². The van der Waals surface area contributed by atoms with Crippen LogP contribution in [0.5, 0.6) is 0 Å². The van der Waals surface area contributed by atoms with E-state index in [0.717, 1.165) is 24.4 Å². The molecule has 1 heterocycles. The Morgan fingerprint density at radius 3 is 2.10 bits per heavy atom. The molecule has 108 valence electrons. The van der Waals surface area contributed by atoms with Crippen molar-refractivity contribution >= 4 is 0 Å². The third-order valence-corrected chi connectivity index (χ3v) is 4.04. The summed E-state index contributed by atoms with van der Waals surface area (Å²) >= 11 is 0. The predicted molar refractivity (Wildman–Crippen MR) is 82.5 cm³/mol. The number of nitrogens with two attached hydrogens (primary N) is 1. The lowest BCUT2D eigenvalue weighted by molar-refractivity contribution is 0.484. The van der Waals surface area contributed by atoms with E-state index in [1.807, 2.05) is 13.8 Å². The fraction of sp³-hybridized carbons (Fsp3) is 0.412. The summed E-state index contributed by atoms with van der Waals surface area (Å²) < 4.78 is 5.71. The molecule has 2 aromatic rings. The van der Waals surface area contributed by atoms with Crippen LogP contribution in [0, 0.1) is 20.8 Å². The molecule has 1 aromatic carbocycles. The van der Waals surface area contributed by atoms with Gasteiger partial charge in [0.1, 0.15) is 11.5 Å². The molecule has 2 rings (SSSR count). The Balaban J connectivity index is 2.24. The van der Waals surface area contributed by atoms with Gasteiger partial charge in [-0.2, -0.15) is 0 Å². The zero-order valence-corrected chi connectivity index (χ0v) is 12.8. The lowest BCUT2D eigenvalue weighted by Crippen LogP contribution is -2.30. The quantitative estimate of drug-likeness (QED) is 0.647. The molecule has 0 fully saturated rings. The first-order chi connectivity index (χ1) is 9.56. The van der Waals surface area contributed by atoms with Gasteiger partial charge >= 0.3 is 0 Å². The molecule has 20 heavy (non-hydrogen) atoms.